The van der Waals surface area contributed by atoms with Crippen molar-refractivity contribution in [2.45, 2.75) is 29.7 Å². The third-order valence-electron chi connectivity index (χ3n) is 4.61. The molecule has 0 spiro atoms. The van der Waals surface area contributed by atoms with Crippen LogP contribution in [0.1, 0.15) is 24.1 Å². The number of hydrogen-bond acceptors (Lipinski definition) is 6. The highest BCUT2D eigenvalue weighted by Crippen LogP contribution is 2.28. The second-order valence-electron chi connectivity index (χ2n) is 6.60. The molecule has 1 saturated heterocycles. The number of aromatic nitrogens is 4. The van der Waals surface area contributed by atoms with Gasteiger partial charge in [-0.1, -0.05) is 30.0 Å². The van der Waals surface area contributed by atoms with E-state index in [4.69, 9.17) is 4.74 Å². The van der Waals surface area contributed by atoms with E-state index in [0.29, 0.717) is 24.1 Å². The fourth-order valence-corrected chi connectivity index (χ4v) is 4.09. The highest BCUT2D eigenvalue weighted by Gasteiger charge is 2.25. The SMILES string of the molecule is O=C(Oc1ccc(Cc2ccccn2)cc1)N1CCC(Sc2ncn[nH]2)CC1. The van der Waals surface area contributed by atoms with Gasteiger partial charge in [-0.15, -0.1) is 0 Å². The molecule has 144 valence electrons. The zero-order valence-electron chi connectivity index (χ0n) is 15.3. The maximum Gasteiger partial charge on any atom is 0.415 e. The van der Waals surface area contributed by atoms with Crippen LogP contribution in [0.4, 0.5) is 4.79 Å². The molecule has 0 radical (unpaired) electrons. The zero-order valence-corrected chi connectivity index (χ0v) is 16.1. The molecule has 0 unspecified atom stereocenters. The van der Waals surface area contributed by atoms with Gasteiger partial charge in [0.15, 0.2) is 5.16 Å². The molecule has 2 aromatic heterocycles. The van der Waals surface area contributed by atoms with Crippen molar-refractivity contribution in [3.05, 3.63) is 66.2 Å². The number of carbonyl (C=O) groups excluding carboxylic acids is 1. The fraction of sp³-hybridized carbons (Fsp3) is 0.300. The Morgan fingerprint density at radius 1 is 1.14 bits per heavy atom. The number of carbonyl (C=O) groups is 1. The second kappa shape index (κ2) is 8.88. The normalized spacial score (nSPS) is 14.8. The van der Waals surface area contributed by atoms with E-state index in [1.54, 1.807) is 22.9 Å². The monoisotopic (exact) mass is 395 g/mol. The van der Waals surface area contributed by atoms with Crippen molar-refractivity contribution in [1.29, 1.82) is 0 Å². The van der Waals surface area contributed by atoms with Crippen molar-refractivity contribution < 1.29 is 9.53 Å². The van der Waals surface area contributed by atoms with Gasteiger partial charge < -0.3 is 9.64 Å². The minimum absolute atomic E-state index is 0.291. The number of hydrogen-bond donors (Lipinski definition) is 1. The van der Waals surface area contributed by atoms with Crippen LogP contribution >= 0.6 is 11.8 Å². The van der Waals surface area contributed by atoms with E-state index in [9.17, 15) is 4.79 Å². The topological polar surface area (TPSA) is 84.0 Å². The van der Waals surface area contributed by atoms with Gasteiger partial charge in [0.1, 0.15) is 12.1 Å². The molecule has 0 aliphatic carbocycles. The fourth-order valence-electron chi connectivity index (χ4n) is 3.12. The van der Waals surface area contributed by atoms with Crippen molar-refractivity contribution in [2.75, 3.05) is 13.1 Å². The van der Waals surface area contributed by atoms with Gasteiger partial charge in [-0.2, -0.15) is 5.10 Å². The molecule has 0 saturated carbocycles. The van der Waals surface area contributed by atoms with Crippen molar-refractivity contribution in [2.24, 2.45) is 0 Å². The maximum absolute atomic E-state index is 12.4. The summed E-state index contributed by atoms with van der Waals surface area (Å²) in [5.74, 6) is 0.563. The molecule has 1 aromatic carbocycles. The average molecular weight is 395 g/mol. The van der Waals surface area contributed by atoms with E-state index in [1.165, 1.54) is 6.33 Å². The van der Waals surface area contributed by atoms with Gasteiger partial charge in [0, 0.05) is 36.7 Å². The van der Waals surface area contributed by atoms with E-state index in [2.05, 4.69) is 20.2 Å². The minimum Gasteiger partial charge on any atom is -0.410 e. The Kier molecular flexibility index (Phi) is 5.86. The summed E-state index contributed by atoms with van der Waals surface area (Å²) in [6.07, 6.45) is 5.58. The zero-order chi connectivity index (χ0) is 19.2. The van der Waals surface area contributed by atoms with Crippen LogP contribution < -0.4 is 4.74 Å². The molecule has 7 nitrogen and oxygen atoms in total. The number of benzene rings is 1. The molecule has 28 heavy (non-hydrogen) atoms. The molecule has 0 atom stereocenters. The van der Waals surface area contributed by atoms with Crippen molar-refractivity contribution in [3.8, 4) is 5.75 Å². The van der Waals surface area contributed by atoms with Gasteiger partial charge in [0.05, 0.1) is 0 Å². The summed E-state index contributed by atoms with van der Waals surface area (Å²) in [6, 6.07) is 13.5. The summed E-state index contributed by atoms with van der Waals surface area (Å²) in [5.41, 5.74) is 2.14. The number of thioether (sulfide) groups is 1. The summed E-state index contributed by atoms with van der Waals surface area (Å²) in [6.45, 7) is 1.37. The number of nitrogens with zero attached hydrogens (tertiary/aromatic N) is 4. The molecule has 1 aliphatic rings. The predicted molar refractivity (Wildman–Crippen MR) is 106 cm³/mol. The summed E-state index contributed by atoms with van der Waals surface area (Å²) in [4.78, 5) is 22.7. The molecule has 1 amide bonds. The van der Waals surface area contributed by atoms with Gasteiger partial charge in [0.25, 0.3) is 0 Å². The molecule has 3 aromatic rings. The summed E-state index contributed by atoms with van der Waals surface area (Å²) in [5, 5.41) is 7.98. The molecular weight excluding hydrogens is 374 g/mol. The molecule has 8 heteroatoms. The first-order valence-electron chi connectivity index (χ1n) is 9.24. The Balaban J connectivity index is 1.26. The van der Waals surface area contributed by atoms with Crippen LogP contribution in [-0.4, -0.2) is 49.5 Å². The van der Waals surface area contributed by atoms with Crippen LogP contribution in [0.15, 0.2) is 60.1 Å². The van der Waals surface area contributed by atoms with Gasteiger partial charge >= 0.3 is 6.09 Å². The number of rotatable bonds is 5. The third-order valence-corrected chi connectivity index (χ3v) is 5.84. The van der Waals surface area contributed by atoms with E-state index < -0.39 is 0 Å². The summed E-state index contributed by atoms with van der Waals surface area (Å²) < 4.78 is 5.54. The van der Waals surface area contributed by atoms with Crippen molar-refractivity contribution >= 4 is 17.9 Å². The van der Waals surface area contributed by atoms with Gasteiger partial charge in [0.2, 0.25) is 0 Å². The van der Waals surface area contributed by atoms with Crippen LogP contribution in [0.3, 0.4) is 0 Å². The quantitative estimate of drug-likeness (QED) is 0.711. The number of nitrogens with one attached hydrogen (secondary N) is 1. The second-order valence-corrected chi connectivity index (χ2v) is 7.89. The lowest BCUT2D eigenvalue weighted by molar-refractivity contribution is 0.143. The highest BCUT2D eigenvalue weighted by atomic mass is 32.2. The molecule has 1 fully saturated rings. The molecule has 1 N–H and O–H groups in total. The molecular formula is C20H21N5O2S. The Morgan fingerprint density at radius 2 is 1.96 bits per heavy atom. The molecule has 1 aliphatic heterocycles. The Bertz CT molecular complexity index is 879. The average Bonchev–Trinajstić information content (AvgIpc) is 3.24. The molecule has 0 bridgehead atoms. The number of H-pyrrole nitrogens is 1. The highest BCUT2D eigenvalue weighted by molar-refractivity contribution is 7.99. The van der Waals surface area contributed by atoms with Crippen LogP contribution in [0, 0.1) is 0 Å². The number of piperidine rings is 1. The van der Waals surface area contributed by atoms with Crippen LogP contribution in [0.2, 0.25) is 0 Å². The third kappa shape index (κ3) is 4.89. The van der Waals surface area contributed by atoms with Crippen LogP contribution in [-0.2, 0) is 6.42 Å². The lowest BCUT2D eigenvalue weighted by Gasteiger charge is -2.30. The standard InChI is InChI=1S/C20H21N5O2S/c26-20(25-11-8-18(9-12-25)28-19-22-14-23-24-19)27-17-6-4-15(5-7-17)13-16-3-1-2-10-21-16/h1-7,10,14,18H,8-9,11-13H2,(H,22,23,24). The van der Waals surface area contributed by atoms with Gasteiger partial charge in [-0.3, -0.25) is 10.1 Å². The number of likely N-dealkylation sites (tertiary alicyclic amines) is 1. The lowest BCUT2D eigenvalue weighted by Crippen LogP contribution is -2.40. The van der Waals surface area contributed by atoms with Crippen LogP contribution in [0.25, 0.3) is 0 Å². The van der Waals surface area contributed by atoms with Crippen LogP contribution in [0.5, 0.6) is 5.75 Å². The van der Waals surface area contributed by atoms with E-state index in [0.717, 1.165) is 35.7 Å². The first-order valence-corrected chi connectivity index (χ1v) is 10.1. The smallest absolute Gasteiger partial charge is 0.410 e. The summed E-state index contributed by atoms with van der Waals surface area (Å²) >= 11 is 1.68. The molecule has 4 rings (SSSR count). The minimum atomic E-state index is -0.291. The Morgan fingerprint density at radius 3 is 2.64 bits per heavy atom. The van der Waals surface area contributed by atoms with E-state index in [-0.39, 0.29) is 6.09 Å². The van der Waals surface area contributed by atoms with E-state index >= 15 is 0 Å². The molecule has 3 heterocycles. The van der Waals surface area contributed by atoms with Crippen molar-refractivity contribution in [1.82, 2.24) is 25.1 Å². The first-order chi connectivity index (χ1) is 13.8. The largest absolute Gasteiger partial charge is 0.415 e. The van der Waals surface area contributed by atoms with Gasteiger partial charge in [-0.25, -0.2) is 9.78 Å². The number of ether oxygens (including phenoxy) is 1. The lowest BCUT2D eigenvalue weighted by atomic mass is 10.1. The Hall–Kier alpha value is -2.87. The number of aromatic amines is 1. The first kappa shape index (κ1) is 18.5. The number of pyridine rings is 1. The van der Waals surface area contributed by atoms with Crippen molar-refractivity contribution in [3.63, 3.8) is 0 Å². The van der Waals surface area contributed by atoms with E-state index in [1.807, 2.05) is 42.5 Å². The maximum atomic E-state index is 12.4. The van der Waals surface area contributed by atoms with Gasteiger partial charge in [-0.05, 0) is 42.7 Å². The predicted octanol–water partition coefficient (Wildman–Crippen LogP) is 3.55. The number of amides is 1. The summed E-state index contributed by atoms with van der Waals surface area (Å²) in [7, 11) is 0. The Labute approximate surface area is 167 Å².